The van der Waals surface area contributed by atoms with Crippen LogP contribution in [0.25, 0.3) is 0 Å². The van der Waals surface area contributed by atoms with Crippen LogP contribution in [0.2, 0.25) is 0 Å². The Kier molecular flexibility index (Phi) is 11.8. The molecule has 6 nitrogen and oxygen atoms in total. The number of ether oxygens (including phenoxy) is 2. The monoisotopic (exact) mass is 536 g/mol. The van der Waals surface area contributed by atoms with Gasteiger partial charge in [-0.3, -0.25) is 9.89 Å². The summed E-state index contributed by atoms with van der Waals surface area (Å²) < 4.78 is 11.2. The lowest BCUT2D eigenvalue weighted by Crippen LogP contribution is -2.45. The molecule has 166 valence electrons. The fourth-order valence-corrected chi connectivity index (χ4v) is 4.68. The van der Waals surface area contributed by atoms with Gasteiger partial charge < -0.3 is 20.1 Å². The number of halogens is 1. The summed E-state index contributed by atoms with van der Waals surface area (Å²) in [7, 11) is 1.84. The highest BCUT2D eigenvalue weighted by molar-refractivity contribution is 14.0. The Labute approximate surface area is 196 Å². The van der Waals surface area contributed by atoms with Gasteiger partial charge in [0.2, 0.25) is 0 Å². The second-order valence-corrected chi connectivity index (χ2v) is 8.82. The van der Waals surface area contributed by atoms with Crippen molar-refractivity contribution in [2.24, 2.45) is 10.9 Å². The standard InChI is InChI=1S/C21H36N4O2S.HI/c1-17-6-10-25(11-7-17)19(20-5-3-14-28-20)15-24-21(22-2)23-9-4-12-27-18-8-13-26-16-18;/h3,5,14,17-19H,4,6-13,15-16H2,1-2H3,(H2,22,23,24);1H. The maximum atomic E-state index is 5.82. The number of nitrogens with zero attached hydrogens (tertiary/aromatic N) is 2. The van der Waals surface area contributed by atoms with Crippen molar-refractivity contribution in [2.45, 2.75) is 44.8 Å². The molecule has 0 aliphatic carbocycles. The van der Waals surface area contributed by atoms with Crippen LogP contribution < -0.4 is 10.6 Å². The Morgan fingerprint density at radius 3 is 2.83 bits per heavy atom. The number of piperidine rings is 1. The predicted molar refractivity (Wildman–Crippen MR) is 132 cm³/mol. The Hall–Kier alpha value is -0.420. The van der Waals surface area contributed by atoms with Crippen LogP contribution in [-0.2, 0) is 9.47 Å². The summed E-state index contributed by atoms with van der Waals surface area (Å²) in [4.78, 5) is 8.46. The van der Waals surface area contributed by atoms with Gasteiger partial charge in [-0.25, -0.2) is 0 Å². The first-order valence-electron chi connectivity index (χ1n) is 10.7. The first-order valence-corrected chi connectivity index (χ1v) is 11.6. The quantitative estimate of drug-likeness (QED) is 0.219. The Morgan fingerprint density at radius 1 is 1.34 bits per heavy atom. The lowest BCUT2D eigenvalue weighted by atomic mass is 9.97. The van der Waals surface area contributed by atoms with E-state index in [1.807, 2.05) is 18.4 Å². The summed E-state index contributed by atoms with van der Waals surface area (Å²) in [5.41, 5.74) is 0. The number of nitrogens with one attached hydrogen (secondary N) is 2. The van der Waals surface area contributed by atoms with Crippen LogP contribution in [0.15, 0.2) is 22.5 Å². The minimum Gasteiger partial charge on any atom is -0.379 e. The molecule has 8 heteroatoms. The predicted octanol–water partition coefficient (Wildman–Crippen LogP) is 3.50. The van der Waals surface area contributed by atoms with E-state index in [4.69, 9.17) is 9.47 Å². The minimum absolute atomic E-state index is 0. The molecular weight excluding hydrogens is 499 g/mol. The van der Waals surface area contributed by atoms with Crippen molar-refractivity contribution in [1.82, 2.24) is 15.5 Å². The van der Waals surface area contributed by atoms with Gasteiger partial charge in [0, 0.05) is 38.2 Å². The first kappa shape index (κ1) is 24.8. The lowest BCUT2D eigenvalue weighted by Gasteiger charge is -2.36. The van der Waals surface area contributed by atoms with E-state index >= 15 is 0 Å². The highest BCUT2D eigenvalue weighted by atomic mass is 127. The average Bonchev–Trinajstić information content (AvgIpc) is 3.42. The third kappa shape index (κ3) is 8.32. The molecule has 0 spiro atoms. The summed E-state index contributed by atoms with van der Waals surface area (Å²) in [5.74, 6) is 1.72. The molecule has 0 aromatic carbocycles. The number of rotatable bonds is 9. The number of aliphatic imine (C=N–C) groups is 1. The number of hydrogen-bond donors (Lipinski definition) is 2. The highest BCUT2D eigenvalue weighted by Gasteiger charge is 2.25. The third-order valence-corrected chi connectivity index (χ3v) is 6.65. The summed E-state index contributed by atoms with van der Waals surface area (Å²) in [6.07, 6.45) is 4.86. The van der Waals surface area contributed by atoms with Gasteiger partial charge in [-0.1, -0.05) is 13.0 Å². The average molecular weight is 537 g/mol. The molecule has 0 radical (unpaired) electrons. The molecule has 1 aromatic rings. The summed E-state index contributed by atoms with van der Waals surface area (Å²) in [6, 6.07) is 4.83. The zero-order valence-corrected chi connectivity index (χ0v) is 20.9. The number of likely N-dealkylation sites (tertiary alicyclic amines) is 1. The minimum atomic E-state index is 0. The topological polar surface area (TPSA) is 58.1 Å². The van der Waals surface area contributed by atoms with Crippen molar-refractivity contribution in [3.8, 4) is 0 Å². The fraction of sp³-hybridized carbons (Fsp3) is 0.762. The van der Waals surface area contributed by atoms with E-state index in [0.29, 0.717) is 6.04 Å². The van der Waals surface area contributed by atoms with Gasteiger partial charge >= 0.3 is 0 Å². The molecule has 0 amide bonds. The van der Waals surface area contributed by atoms with Crippen LogP contribution in [0.3, 0.4) is 0 Å². The van der Waals surface area contributed by atoms with Crippen LogP contribution in [0.4, 0.5) is 0 Å². The van der Waals surface area contributed by atoms with Crippen molar-refractivity contribution < 1.29 is 9.47 Å². The zero-order valence-electron chi connectivity index (χ0n) is 17.8. The molecule has 2 aliphatic heterocycles. The van der Waals surface area contributed by atoms with Crippen LogP contribution in [0, 0.1) is 5.92 Å². The maximum absolute atomic E-state index is 5.82. The Balaban J connectivity index is 0.00000300. The van der Waals surface area contributed by atoms with Gasteiger partial charge in [0.15, 0.2) is 5.96 Å². The Morgan fingerprint density at radius 2 is 2.17 bits per heavy atom. The number of hydrogen-bond acceptors (Lipinski definition) is 5. The van der Waals surface area contributed by atoms with Gasteiger partial charge in [0.05, 0.1) is 18.8 Å². The molecule has 2 fully saturated rings. The number of guanidine groups is 1. The van der Waals surface area contributed by atoms with Crippen molar-refractivity contribution in [1.29, 1.82) is 0 Å². The summed E-state index contributed by atoms with van der Waals surface area (Å²) in [5, 5.41) is 9.14. The largest absolute Gasteiger partial charge is 0.379 e. The molecule has 3 heterocycles. The van der Waals surface area contributed by atoms with Gasteiger partial charge in [-0.05, 0) is 56.1 Å². The molecule has 2 atom stereocenters. The van der Waals surface area contributed by atoms with Crippen molar-refractivity contribution >= 4 is 41.3 Å². The lowest BCUT2D eigenvalue weighted by molar-refractivity contribution is 0.0420. The second kappa shape index (κ2) is 13.8. The maximum Gasteiger partial charge on any atom is 0.191 e. The van der Waals surface area contributed by atoms with Gasteiger partial charge in [-0.15, -0.1) is 35.3 Å². The van der Waals surface area contributed by atoms with E-state index in [1.165, 1.54) is 30.8 Å². The van der Waals surface area contributed by atoms with Crippen molar-refractivity contribution in [3.63, 3.8) is 0 Å². The third-order valence-electron chi connectivity index (χ3n) is 5.67. The van der Waals surface area contributed by atoms with E-state index in [1.54, 1.807) is 0 Å². The fourth-order valence-electron chi connectivity index (χ4n) is 3.82. The van der Waals surface area contributed by atoms with Gasteiger partial charge in [0.1, 0.15) is 0 Å². The van der Waals surface area contributed by atoms with Crippen LogP contribution in [0.5, 0.6) is 0 Å². The van der Waals surface area contributed by atoms with Crippen molar-refractivity contribution in [2.75, 3.05) is 53.0 Å². The molecule has 2 N–H and O–H groups in total. The molecule has 2 saturated heterocycles. The normalized spacial score (nSPS) is 22.3. The van der Waals surface area contributed by atoms with Crippen LogP contribution in [0.1, 0.15) is 43.5 Å². The SMILES string of the molecule is CN=C(NCCCOC1CCOC1)NCC(c1cccs1)N1CCC(C)CC1.I. The molecule has 29 heavy (non-hydrogen) atoms. The van der Waals surface area contributed by atoms with Crippen molar-refractivity contribution in [3.05, 3.63) is 22.4 Å². The van der Waals surface area contributed by atoms with Crippen LogP contribution >= 0.6 is 35.3 Å². The molecular formula is C21H37IN4O2S. The highest BCUT2D eigenvalue weighted by Crippen LogP contribution is 2.29. The molecule has 0 saturated carbocycles. The summed E-state index contributed by atoms with van der Waals surface area (Å²) >= 11 is 1.85. The van der Waals surface area contributed by atoms with E-state index in [0.717, 1.165) is 57.6 Å². The molecule has 2 aliphatic rings. The van der Waals surface area contributed by atoms with E-state index in [9.17, 15) is 0 Å². The molecule has 0 bridgehead atoms. The van der Waals surface area contributed by atoms with E-state index in [2.05, 4.69) is 45.0 Å². The van der Waals surface area contributed by atoms with Crippen LogP contribution in [-0.4, -0.2) is 70.0 Å². The molecule has 3 rings (SSSR count). The van der Waals surface area contributed by atoms with E-state index < -0.39 is 0 Å². The van der Waals surface area contributed by atoms with E-state index in [-0.39, 0.29) is 30.1 Å². The second-order valence-electron chi connectivity index (χ2n) is 7.84. The summed E-state index contributed by atoms with van der Waals surface area (Å²) in [6.45, 7) is 8.81. The number of thiophene rings is 1. The molecule has 1 aromatic heterocycles. The zero-order chi connectivity index (χ0) is 19.6. The van der Waals surface area contributed by atoms with Gasteiger partial charge in [-0.2, -0.15) is 0 Å². The molecule has 2 unspecified atom stereocenters. The van der Waals surface area contributed by atoms with Gasteiger partial charge in [0.25, 0.3) is 0 Å². The Bertz CT molecular complexity index is 573. The smallest absolute Gasteiger partial charge is 0.191 e. The first-order chi connectivity index (χ1) is 13.8.